The van der Waals surface area contributed by atoms with E-state index in [1.54, 1.807) is 7.11 Å². The Kier molecular flexibility index (Phi) is 3.59. The van der Waals surface area contributed by atoms with Crippen LogP contribution in [0.4, 0.5) is 0 Å². The summed E-state index contributed by atoms with van der Waals surface area (Å²) in [5, 5.41) is 12.4. The van der Waals surface area contributed by atoms with E-state index in [0.29, 0.717) is 5.92 Å². The second kappa shape index (κ2) is 4.76. The van der Waals surface area contributed by atoms with Crippen molar-refractivity contribution in [2.75, 3.05) is 7.11 Å². The van der Waals surface area contributed by atoms with Crippen LogP contribution in [0, 0.1) is 23.2 Å². The smallest absolute Gasteiger partial charge is 0.106 e. The number of hydrogen-bond acceptors (Lipinski definition) is 3. The van der Waals surface area contributed by atoms with Crippen molar-refractivity contribution in [1.82, 2.24) is 0 Å². The molecular formula is C9H14N2O. The fourth-order valence-electron chi connectivity index (χ4n) is 1.63. The molecule has 2 unspecified atom stereocenters. The summed E-state index contributed by atoms with van der Waals surface area (Å²) in [5.74, 6) is 0.676. The molecule has 0 bridgehead atoms. The first-order chi connectivity index (χ1) is 5.86. The highest BCUT2D eigenvalue weighted by Gasteiger charge is 2.20. The van der Waals surface area contributed by atoms with Crippen molar-refractivity contribution < 1.29 is 4.84 Å². The van der Waals surface area contributed by atoms with Gasteiger partial charge in [0.1, 0.15) is 7.11 Å². The molecule has 12 heavy (non-hydrogen) atoms. The lowest BCUT2D eigenvalue weighted by Gasteiger charge is -2.21. The van der Waals surface area contributed by atoms with Gasteiger partial charge in [-0.2, -0.15) is 5.26 Å². The molecular weight excluding hydrogens is 152 g/mol. The molecule has 1 aliphatic rings. The van der Waals surface area contributed by atoms with Gasteiger partial charge in [-0.15, -0.1) is 0 Å². The second-order valence-electron chi connectivity index (χ2n) is 3.19. The Morgan fingerprint density at radius 2 is 2.42 bits per heavy atom. The minimum atomic E-state index is 0.229. The Morgan fingerprint density at radius 1 is 1.58 bits per heavy atom. The average Bonchev–Trinajstić information content (AvgIpc) is 2.15. The van der Waals surface area contributed by atoms with Crippen molar-refractivity contribution in [3.8, 4) is 6.07 Å². The first-order valence-corrected chi connectivity index (χ1v) is 4.33. The lowest BCUT2D eigenvalue weighted by molar-refractivity contribution is 0.211. The zero-order chi connectivity index (χ0) is 8.81. The van der Waals surface area contributed by atoms with E-state index < -0.39 is 0 Å². The first-order valence-electron chi connectivity index (χ1n) is 4.33. The Bertz CT molecular complexity index is 195. The van der Waals surface area contributed by atoms with Gasteiger partial charge < -0.3 is 4.84 Å². The minimum absolute atomic E-state index is 0.229. The van der Waals surface area contributed by atoms with Gasteiger partial charge in [0.2, 0.25) is 0 Å². The molecule has 0 aromatic carbocycles. The molecule has 0 saturated heterocycles. The molecule has 0 amide bonds. The molecule has 0 aromatic heterocycles. The van der Waals surface area contributed by atoms with Gasteiger partial charge >= 0.3 is 0 Å². The number of oxime groups is 1. The standard InChI is InChI=1S/C9H14N2O/c1-12-11-7-9-4-2-3-8(5-9)6-10/h7-9H,2-5H2,1H3/b11-7+. The Hall–Kier alpha value is -1.04. The Balaban J connectivity index is 2.36. The molecule has 0 aromatic rings. The molecule has 1 rings (SSSR count). The van der Waals surface area contributed by atoms with Crippen LogP contribution >= 0.6 is 0 Å². The summed E-state index contributed by atoms with van der Waals surface area (Å²) < 4.78 is 0. The lowest BCUT2D eigenvalue weighted by Crippen LogP contribution is -2.15. The topological polar surface area (TPSA) is 45.4 Å². The summed E-state index contributed by atoms with van der Waals surface area (Å²) in [6.45, 7) is 0. The highest BCUT2D eigenvalue weighted by molar-refractivity contribution is 5.60. The summed E-state index contributed by atoms with van der Waals surface area (Å²) >= 11 is 0. The fourth-order valence-corrected chi connectivity index (χ4v) is 1.63. The average molecular weight is 166 g/mol. The van der Waals surface area contributed by atoms with Crippen LogP contribution in [0.5, 0.6) is 0 Å². The van der Waals surface area contributed by atoms with Crippen molar-refractivity contribution in [3.05, 3.63) is 0 Å². The Labute approximate surface area is 73.0 Å². The summed E-state index contributed by atoms with van der Waals surface area (Å²) in [6.07, 6.45) is 6.10. The molecule has 0 spiro atoms. The van der Waals surface area contributed by atoms with Crippen LogP contribution < -0.4 is 0 Å². The fraction of sp³-hybridized carbons (Fsp3) is 0.778. The maximum Gasteiger partial charge on any atom is 0.106 e. The molecule has 0 N–H and O–H groups in total. The van der Waals surface area contributed by atoms with Gasteiger partial charge in [0, 0.05) is 12.1 Å². The second-order valence-corrected chi connectivity index (χ2v) is 3.19. The van der Waals surface area contributed by atoms with Crippen LogP contribution in [0.25, 0.3) is 0 Å². The van der Waals surface area contributed by atoms with Crippen molar-refractivity contribution in [2.24, 2.45) is 17.0 Å². The molecule has 66 valence electrons. The zero-order valence-corrected chi connectivity index (χ0v) is 7.36. The van der Waals surface area contributed by atoms with Crippen molar-refractivity contribution in [3.63, 3.8) is 0 Å². The summed E-state index contributed by atoms with van der Waals surface area (Å²) in [5.41, 5.74) is 0. The molecule has 3 heteroatoms. The van der Waals surface area contributed by atoms with Crippen LogP contribution in [0.3, 0.4) is 0 Å². The van der Waals surface area contributed by atoms with E-state index in [9.17, 15) is 0 Å². The number of nitriles is 1. The van der Waals surface area contributed by atoms with E-state index in [-0.39, 0.29) is 5.92 Å². The van der Waals surface area contributed by atoms with Crippen molar-refractivity contribution in [2.45, 2.75) is 25.7 Å². The maximum atomic E-state index is 8.71. The largest absolute Gasteiger partial charge is 0.399 e. The molecule has 0 aliphatic heterocycles. The quantitative estimate of drug-likeness (QED) is 0.465. The lowest BCUT2D eigenvalue weighted by atomic mass is 9.83. The number of rotatable bonds is 2. The van der Waals surface area contributed by atoms with E-state index in [1.807, 2.05) is 6.21 Å². The van der Waals surface area contributed by atoms with E-state index in [1.165, 1.54) is 0 Å². The van der Waals surface area contributed by atoms with Crippen LogP contribution in [0.2, 0.25) is 0 Å². The predicted octanol–water partition coefficient (Wildman–Crippen LogP) is 1.95. The molecule has 1 fully saturated rings. The van der Waals surface area contributed by atoms with Gasteiger partial charge in [0.15, 0.2) is 0 Å². The van der Waals surface area contributed by atoms with Crippen molar-refractivity contribution in [1.29, 1.82) is 5.26 Å². The van der Waals surface area contributed by atoms with Crippen LogP contribution in [-0.2, 0) is 4.84 Å². The van der Waals surface area contributed by atoms with E-state index in [2.05, 4.69) is 16.1 Å². The SMILES string of the molecule is CO/N=C/C1CCCC(C#N)C1. The van der Waals surface area contributed by atoms with Gasteiger partial charge in [-0.05, 0) is 25.2 Å². The predicted molar refractivity (Wildman–Crippen MR) is 46.6 cm³/mol. The number of nitrogens with zero attached hydrogens (tertiary/aromatic N) is 2. The zero-order valence-electron chi connectivity index (χ0n) is 7.36. The van der Waals surface area contributed by atoms with Gasteiger partial charge in [0.25, 0.3) is 0 Å². The normalized spacial score (nSPS) is 30.0. The van der Waals surface area contributed by atoms with E-state index in [0.717, 1.165) is 25.7 Å². The van der Waals surface area contributed by atoms with Crippen molar-refractivity contribution >= 4 is 6.21 Å². The Morgan fingerprint density at radius 3 is 3.08 bits per heavy atom. The molecule has 0 radical (unpaired) electrons. The van der Waals surface area contributed by atoms with Crippen LogP contribution in [-0.4, -0.2) is 13.3 Å². The van der Waals surface area contributed by atoms with E-state index in [4.69, 9.17) is 5.26 Å². The molecule has 1 saturated carbocycles. The first kappa shape index (κ1) is 9.05. The van der Waals surface area contributed by atoms with Crippen LogP contribution in [0.15, 0.2) is 5.16 Å². The molecule has 1 aliphatic carbocycles. The summed E-state index contributed by atoms with van der Waals surface area (Å²) in [7, 11) is 1.54. The summed E-state index contributed by atoms with van der Waals surface area (Å²) in [4.78, 5) is 4.60. The van der Waals surface area contributed by atoms with Crippen LogP contribution in [0.1, 0.15) is 25.7 Å². The van der Waals surface area contributed by atoms with Gasteiger partial charge in [-0.3, -0.25) is 0 Å². The molecule has 2 atom stereocenters. The van der Waals surface area contributed by atoms with Gasteiger partial charge in [0.05, 0.1) is 6.07 Å². The molecule has 3 nitrogen and oxygen atoms in total. The van der Waals surface area contributed by atoms with Gasteiger partial charge in [-0.1, -0.05) is 11.6 Å². The molecule has 0 heterocycles. The maximum absolute atomic E-state index is 8.71. The summed E-state index contributed by atoms with van der Waals surface area (Å²) in [6, 6.07) is 2.31. The van der Waals surface area contributed by atoms with E-state index >= 15 is 0 Å². The highest BCUT2D eigenvalue weighted by Crippen LogP contribution is 2.27. The number of hydrogen-bond donors (Lipinski definition) is 0. The highest BCUT2D eigenvalue weighted by atomic mass is 16.6. The monoisotopic (exact) mass is 166 g/mol. The minimum Gasteiger partial charge on any atom is -0.399 e. The third-order valence-electron chi connectivity index (χ3n) is 2.27. The third-order valence-corrected chi connectivity index (χ3v) is 2.27. The third kappa shape index (κ3) is 2.54. The van der Waals surface area contributed by atoms with Gasteiger partial charge in [-0.25, -0.2) is 0 Å².